The minimum atomic E-state index is -1.99. The van der Waals surface area contributed by atoms with E-state index in [4.69, 9.17) is 18.6 Å². The third kappa shape index (κ3) is 4.97. The largest absolute Gasteiger partial charge is 0.489 e. The van der Waals surface area contributed by atoms with Crippen LogP contribution in [0.15, 0.2) is 54.6 Å². The van der Waals surface area contributed by atoms with Crippen LogP contribution < -0.4 is 4.74 Å². The first-order chi connectivity index (χ1) is 14.2. The zero-order valence-corrected chi connectivity index (χ0v) is 20.2. The summed E-state index contributed by atoms with van der Waals surface area (Å²) in [7, 11) is -0.212. The lowest BCUT2D eigenvalue weighted by Gasteiger charge is -2.48. The predicted octanol–water partition coefficient (Wildman–Crippen LogP) is 5.92. The molecule has 0 N–H and O–H groups in total. The van der Waals surface area contributed by atoms with Gasteiger partial charge in [-0.15, -0.1) is 0 Å². The summed E-state index contributed by atoms with van der Waals surface area (Å²) < 4.78 is 25.0. The van der Waals surface area contributed by atoms with Gasteiger partial charge in [0, 0.05) is 20.1 Å². The van der Waals surface area contributed by atoms with Gasteiger partial charge in [-0.2, -0.15) is 0 Å². The molecule has 2 unspecified atom stereocenters. The van der Waals surface area contributed by atoms with Crippen molar-refractivity contribution in [3.05, 3.63) is 65.7 Å². The molecule has 0 aromatic heterocycles. The van der Waals surface area contributed by atoms with E-state index >= 15 is 0 Å². The summed E-state index contributed by atoms with van der Waals surface area (Å²) in [6.07, 6.45) is 0.604. The quantitative estimate of drug-likeness (QED) is 0.513. The minimum absolute atomic E-state index is 0.116. The average molecular weight is 429 g/mol. The SMILES string of the molecule is COC1(c2cccc(OCc3ccccc3)c2)CCOCC1O[Si](C)(C)C(C)(C)C. The summed E-state index contributed by atoms with van der Waals surface area (Å²) in [6, 6.07) is 18.5. The van der Waals surface area contributed by atoms with Gasteiger partial charge in [0.25, 0.3) is 0 Å². The molecule has 1 aliphatic heterocycles. The van der Waals surface area contributed by atoms with Crippen LogP contribution in [0, 0.1) is 0 Å². The van der Waals surface area contributed by atoms with Gasteiger partial charge in [-0.1, -0.05) is 63.2 Å². The Morgan fingerprint density at radius 1 is 1.07 bits per heavy atom. The molecule has 1 saturated heterocycles. The molecule has 0 bridgehead atoms. The van der Waals surface area contributed by atoms with E-state index in [0.717, 1.165) is 23.3 Å². The van der Waals surface area contributed by atoms with Crippen LogP contribution in [0.5, 0.6) is 5.75 Å². The maximum atomic E-state index is 6.82. The second-order valence-corrected chi connectivity index (χ2v) is 14.3. The molecule has 2 atom stereocenters. The van der Waals surface area contributed by atoms with Crippen molar-refractivity contribution in [2.45, 2.75) is 63.6 Å². The van der Waals surface area contributed by atoms with Crippen molar-refractivity contribution in [3.8, 4) is 5.75 Å². The van der Waals surface area contributed by atoms with E-state index in [1.165, 1.54) is 0 Å². The molecule has 1 aliphatic rings. The van der Waals surface area contributed by atoms with Crippen LogP contribution in [0.25, 0.3) is 0 Å². The minimum Gasteiger partial charge on any atom is -0.489 e. The van der Waals surface area contributed by atoms with Crippen LogP contribution in [0.1, 0.15) is 38.3 Å². The van der Waals surface area contributed by atoms with Crippen molar-refractivity contribution in [2.24, 2.45) is 0 Å². The van der Waals surface area contributed by atoms with Crippen LogP contribution in [0.4, 0.5) is 0 Å². The predicted molar refractivity (Wildman–Crippen MR) is 123 cm³/mol. The Kier molecular flexibility index (Phi) is 7.08. The van der Waals surface area contributed by atoms with Crippen LogP contribution in [0.3, 0.4) is 0 Å². The fraction of sp³-hybridized carbons (Fsp3) is 0.520. The number of hydrogen-bond acceptors (Lipinski definition) is 4. The first-order valence-corrected chi connectivity index (χ1v) is 13.7. The van der Waals surface area contributed by atoms with Crippen molar-refractivity contribution in [2.75, 3.05) is 20.3 Å². The second kappa shape index (κ2) is 9.23. The summed E-state index contributed by atoms with van der Waals surface area (Å²) in [5.74, 6) is 0.838. The normalized spacial score (nSPS) is 22.7. The third-order valence-corrected chi connectivity index (χ3v) is 11.1. The molecular weight excluding hydrogens is 392 g/mol. The van der Waals surface area contributed by atoms with E-state index < -0.39 is 13.9 Å². The van der Waals surface area contributed by atoms with E-state index in [-0.39, 0.29) is 11.1 Å². The summed E-state index contributed by atoms with van der Waals surface area (Å²) in [5.41, 5.74) is 1.69. The Balaban J connectivity index is 1.86. The molecule has 5 heteroatoms. The highest BCUT2D eigenvalue weighted by Crippen LogP contribution is 2.44. The molecule has 0 amide bonds. The van der Waals surface area contributed by atoms with Crippen molar-refractivity contribution in [1.29, 1.82) is 0 Å². The van der Waals surface area contributed by atoms with Gasteiger partial charge in [0.15, 0.2) is 8.32 Å². The van der Waals surface area contributed by atoms with Gasteiger partial charge in [-0.25, -0.2) is 0 Å². The molecule has 0 aliphatic carbocycles. The smallest absolute Gasteiger partial charge is 0.192 e. The second-order valence-electron chi connectivity index (χ2n) is 9.59. The lowest BCUT2D eigenvalue weighted by atomic mass is 9.84. The molecular formula is C25H36O4Si. The molecule has 2 aromatic rings. The van der Waals surface area contributed by atoms with E-state index in [9.17, 15) is 0 Å². The van der Waals surface area contributed by atoms with E-state index in [2.05, 4.69) is 58.1 Å². The fourth-order valence-electron chi connectivity index (χ4n) is 3.64. The molecule has 30 heavy (non-hydrogen) atoms. The Bertz CT molecular complexity index is 815. The lowest BCUT2D eigenvalue weighted by Crippen LogP contribution is -2.56. The highest BCUT2D eigenvalue weighted by atomic mass is 28.4. The van der Waals surface area contributed by atoms with Crippen molar-refractivity contribution < 1.29 is 18.6 Å². The molecule has 3 rings (SSSR count). The molecule has 0 spiro atoms. The Morgan fingerprint density at radius 2 is 1.80 bits per heavy atom. The summed E-state index contributed by atoms with van der Waals surface area (Å²) >= 11 is 0. The summed E-state index contributed by atoms with van der Waals surface area (Å²) in [5, 5.41) is 0.116. The number of ether oxygens (including phenoxy) is 3. The van der Waals surface area contributed by atoms with E-state index in [1.54, 1.807) is 7.11 Å². The molecule has 0 radical (unpaired) electrons. The van der Waals surface area contributed by atoms with Gasteiger partial charge in [0.2, 0.25) is 0 Å². The lowest BCUT2D eigenvalue weighted by molar-refractivity contribution is -0.169. The topological polar surface area (TPSA) is 36.9 Å². The van der Waals surface area contributed by atoms with Gasteiger partial charge >= 0.3 is 0 Å². The van der Waals surface area contributed by atoms with Crippen LogP contribution in [-0.2, 0) is 26.1 Å². The van der Waals surface area contributed by atoms with Crippen LogP contribution in [0.2, 0.25) is 18.1 Å². The van der Waals surface area contributed by atoms with Gasteiger partial charge in [-0.3, -0.25) is 0 Å². The maximum Gasteiger partial charge on any atom is 0.192 e. The summed E-state index contributed by atoms with van der Waals surface area (Å²) in [4.78, 5) is 0. The number of rotatable bonds is 7. The maximum absolute atomic E-state index is 6.82. The van der Waals surface area contributed by atoms with Gasteiger partial charge in [0.05, 0.1) is 6.61 Å². The average Bonchev–Trinajstić information content (AvgIpc) is 2.73. The Hall–Kier alpha value is -1.66. The van der Waals surface area contributed by atoms with Crippen molar-refractivity contribution in [3.63, 3.8) is 0 Å². The highest BCUT2D eigenvalue weighted by Gasteiger charge is 2.49. The first-order valence-electron chi connectivity index (χ1n) is 10.8. The molecule has 2 aromatic carbocycles. The molecule has 0 saturated carbocycles. The Labute approximate surface area is 182 Å². The number of hydrogen-bond donors (Lipinski definition) is 0. The van der Waals surface area contributed by atoms with Gasteiger partial charge < -0.3 is 18.6 Å². The van der Waals surface area contributed by atoms with E-state index in [0.29, 0.717) is 19.8 Å². The monoisotopic (exact) mass is 428 g/mol. The fourth-order valence-corrected chi connectivity index (χ4v) is 4.97. The third-order valence-electron chi connectivity index (χ3n) is 6.59. The van der Waals surface area contributed by atoms with Gasteiger partial charge in [0.1, 0.15) is 24.1 Å². The standard InChI is InChI=1S/C25H36O4Si/c1-24(2,3)30(5,6)29-23-19-27-16-15-25(23,26-4)21-13-10-14-22(17-21)28-18-20-11-8-7-9-12-20/h7-14,17,23H,15-16,18-19H2,1-6H3. The molecule has 4 nitrogen and oxygen atoms in total. The zero-order chi connectivity index (χ0) is 21.8. The molecule has 164 valence electrons. The zero-order valence-electron chi connectivity index (χ0n) is 19.2. The number of methoxy groups -OCH3 is 1. The van der Waals surface area contributed by atoms with Gasteiger partial charge in [-0.05, 0) is 41.4 Å². The first kappa shape index (κ1) is 23.0. The van der Waals surface area contributed by atoms with Crippen LogP contribution >= 0.6 is 0 Å². The van der Waals surface area contributed by atoms with E-state index in [1.807, 2.05) is 30.3 Å². The van der Waals surface area contributed by atoms with Crippen molar-refractivity contribution >= 4 is 8.32 Å². The number of benzene rings is 2. The molecule has 1 fully saturated rings. The van der Waals surface area contributed by atoms with Crippen LogP contribution in [-0.4, -0.2) is 34.7 Å². The molecule has 1 heterocycles. The summed E-state index contributed by atoms with van der Waals surface area (Å²) in [6.45, 7) is 13.1. The Morgan fingerprint density at radius 3 is 2.47 bits per heavy atom. The highest BCUT2D eigenvalue weighted by molar-refractivity contribution is 6.74. The van der Waals surface area contributed by atoms with Crippen molar-refractivity contribution in [1.82, 2.24) is 0 Å².